The normalized spacial score (nSPS) is 12.2. The summed E-state index contributed by atoms with van der Waals surface area (Å²) >= 11 is 0. The lowest BCUT2D eigenvalue weighted by Gasteiger charge is -2.21. The van der Waals surface area contributed by atoms with Gasteiger partial charge in [-0.2, -0.15) is 13.2 Å². The van der Waals surface area contributed by atoms with Gasteiger partial charge in [0.25, 0.3) is 0 Å². The molecular formula is C13H13F3N2O2. The second-order valence-electron chi connectivity index (χ2n) is 4.51. The molecule has 1 aromatic heterocycles. The zero-order valence-electron chi connectivity index (χ0n) is 10.4. The minimum Gasteiger partial charge on any atom is -0.480 e. The maximum absolute atomic E-state index is 12.5. The Bertz CT molecular complexity index is 607. The predicted octanol–water partition coefficient (Wildman–Crippen LogP) is 2.62. The standard InChI is InChI=1S/C13H13F3N2O2/c14-13(15,16)8-18(7-12(19)20)6-9-5-17-11-4-2-1-3-10(9)11/h1-5,17H,6-8H2,(H,19,20). The van der Waals surface area contributed by atoms with Crippen LogP contribution in [0.4, 0.5) is 13.2 Å². The fourth-order valence-electron chi connectivity index (χ4n) is 2.12. The van der Waals surface area contributed by atoms with Gasteiger partial charge < -0.3 is 10.1 Å². The molecule has 1 aromatic carbocycles. The van der Waals surface area contributed by atoms with Gasteiger partial charge >= 0.3 is 12.1 Å². The number of hydrogen-bond donors (Lipinski definition) is 2. The third-order valence-electron chi connectivity index (χ3n) is 2.83. The summed E-state index contributed by atoms with van der Waals surface area (Å²) < 4.78 is 37.4. The van der Waals surface area contributed by atoms with Gasteiger partial charge in [-0.25, -0.2) is 0 Å². The van der Waals surface area contributed by atoms with Gasteiger partial charge in [-0.3, -0.25) is 9.69 Å². The van der Waals surface area contributed by atoms with E-state index < -0.39 is 25.2 Å². The number of fused-ring (bicyclic) bond motifs is 1. The molecule has 0 aliphatic rings. The fraction of sp³-hybridized carbons (Fsp3) is 0.308. The molecule has 0 saturated carbocycles. The number of carboxylic acid groups (broad SMARTS) is 1. The maximum Gasteiger partial charge on any atom is 0.401 e. The van der Waals surface area contributed by atoms with Crippen molar-refractivity contribution >= 4 is 16.9 Å². The molecule has 2 rings (SSSR count). The summed E-state index contributed by atoms with van der Waals surface area (Å²) in [6.45, 7) is -1.98. The van der Waals surface area contributed by atoms with Gasteiger partial charge in [0, 0.05) is 23.6 Å². The lowest BCUT2D eigenvalue weighted by atomic mass is 10.1. The van der Waals surface area contributed by atoms with Crippen LogP contribution < -0.4 is 0 Å². The third-order valence-corrected chi connectivity index (χ3v) is 2.83. The van der Waals surface area contributed by atoms with E-state index in [1.807, 2.05) is 12.1 Å². The summed E-state index contributed by atoms with van der Waals surface area (Å²) in [4.78, 5) is 14.5. The van der Waals surface area contributed by atoms with Crippen LogP contribution in [-0.2, 0) is 11.3 Å². The lowest BCUT2D eigenvalue weighted by Crippen LogP contribution is -2.37. The number of carbonyl (C=O) groups is 1. The van der Waals surface area contributed by atoms with Gasteiger partial charge in [-0.15, -0.1) is 0 Å². The van der Waals surface area contributed by atoms with Crippen molar-refractivity contribution in [3.05, 3.63) is 36.0 Å². The molecule has 0 amide bonds. The van der Waals surface area contributed by atoms with Gasteiger partial charge in [0.05, 0.1) is 13.1 Å². The van der Waals surface area contributed by atoms with Gasteiger partial charge in [-0.1, -0.05) is 18.2 Å². The number of nitrogens with one attached hydrogen (secondary N) is 1. The first-order valence-corrected chi connectivity index (χ1v) is 5.91. The molecule has 0 atom stereocenters. The van der Waals surface area contributed by atoms with Crippen LogP contribution in [0.5, 0.6) is 0 Å². The first-order valence-electron chi connectivity index (χ1n) is 5.91. The van der Waals surface area contributed by atoms with Crippen molar-refractivity contribution in [1.82, 2.24) is 9.88 Å². The number of rotatable bonds is 5. The summed E-state index contributed by atoms with van der Waals surface area (Å²) in [7, 11) is 0. The van der Waals surface area contributed by atoms with Crippen molar-refractivity contribution in [3.8, 4) is 0 Å². The molecular weight excluding hydrogens is 273 g/mol. The Hall–Kier alpha value is -2.02. The maximum atomic E-state index is 12.5. The van der Waals surface area contributed by atoms with Crippen molar-refractivity contribution in [2.24, 2.45) is 0 Å². The Morgan fingerprint density at radius 1 is 1.30 bits per heavy atom. The molecule has 1 heterocycles. The molecule has 7 heteroatoms. The van der Waals surface area contributed by atoms with E-state index in [9.17, 15) is 18.0 Å². The van der Waals surface area contributed by atoms with Crippen LogP contribution in [0, 0.1) is 0 Å². The smallest absolute Gasteiger partial charge is 0.401 e. The summed E-state index contributed by atoms with van der Waals surface area (Å²) in [5.74, 6) is -1.28. The zero-order valence-corrected chi connectivity index (χ0v) is 10.4. The van der Waals surface area contributed by atoms with E-state index in [0.29, 0.717) is 5.56 Å². The van der Waals surface area contributed by atoms with E-state index in [4.69, 9.17) is 5.11 Å². The molecule has 4 nitrogen and oxygen atoms in total. The molecule has 0 spiro atoms. The van der Waals surface area contributed by atoms with Crippen LogP contribution >= 0.6 is 0 Å². The number of nitrogens with zero attached hydrogens (tertiary/aromatic N) is 1. The number of H-pyrrole nitrogens is 1. The summed E-state index contributed by atoms with van der Waals surface area (Å²) in [6.07, 6.45) is -2.82. The number of carboxylic acids is 1. The van der Waals surface area contributed by atoms with Crippen molar-refractivity contribution in [1.29, 1.82) is 0 Å². The molecule has 0 radical (unpaired) electrons. The van der Waals surface area contributed by atoms with Gasteiger partial charge in [0.1, 0.15) is 0 Å². The number of aromatic nitrogens is 1. The van der Waals surface area contributed by atoms with Crippen LogP contribution in [0.25, 0.3) is 10.9 Å². The first kappa shape index (κ1) is 14.4. The van der Waals surface area contributed by atoms with Crippen LogP contribution in [0.3, 0.4) is 0 Å². The van der Waals surface area contributed by atoms with E-state index in [2.05, 4.69) is 4.98 Å². The summed E-state index contributed by atoms with van der Waals surface area (Å²) in [6, 6.07) is 7.19. The van der Waals surface area contributed by atoms with Gasteiger partial charge in [0.15, 0.2) is 0 Å². The van der Waals surface area contributed by atoms with Gasteiger partial charge in [-0.05, 0) is 11.6 Å². The van der Waals surface area contributed by atoms with Crippen LogP contribution in [0.1, 0.15) is 5.56 Å². The number of hydrogen-bond acceptors (Lipinski definition) is 2. The Morgan fingerprint density at radius 2 is 2.00 bits per heavy atom. The minimum atomic E-state index is -4.43. The highest BCUT2D eigenvalue weighted by molar-refractivity contribution is 5.83. The molecule has 0 fully saturated rings. The Balaban J connectivity index is 2.20. The number of alkyl halides is 3. The third kappa shape index (κ3) is 3.74. The molecule has 108 valence electrons. The number of para-hydroxylation sites is 1. The molecule has 0 aliphatic carbocycles. The highest BCUT2D eigenvalue weighted by Gasteiger charge is 2.31. The Morgan fingerprint density at radius 3 is 2.65 bits per heavy atom. The molecule has 0 aliphatic heterocycles. The quantitative estimate of drug-likeness (QED) is 0.888. The average Bonchev–Trinajstić information content (AvgIpc) is 2.70. The highest BCUT2D eigenvalue weighted by Crippen LogP contribution is 2.22. The summed E-state index contributed by atoms with van der Waals surface area (Å²) in [5, 5.41) is 9.50. The minimum absolute atomic E-state index is 0.0736. The van der Waals surface area contributed by atoms with Gasteiger partial charge in [0.2, 0.25) is 0 Å². The average molecular weight is 286 g/mol. The molecule has 2 N–H and O–H groups in total. The number of aromatic amines is 1. The second kappa shape index (κ2) is 5.54. The lowest BCUT2D eigenvalue weighted by molar-refractivity contribution is -0.154. The number of benzene rings is 1. The van der Waals surface area contributed by atoms with Crippen molar-refractivity contribution in [2.75, 3.05) is 13.1 Å². The fourth-order valence-corrected chi connectivity index (χ4v) is 2.12. The topological polar surface area (TPSA) is 56.3 Å². The van der Waals surface area contributed by atoms with Crippen LogP contribution in [0.2, 0.25) is 0 Å². The van der Waals surface area contributed by atoms with Crippen molar-refractivity contribution in [3.63, 3.8) is 0 Å². The van der Waals surface area contributed by atoms with Crippen LogP contribution in [-0.4, -0.2) is 40.2 Å². The van der Waals surface area contributed by atoms with E-state index in [1.165, 1.54) is 0 Å². The summed E-state index contributed by atoms with van der Waals surface area (Å²) in [5.41, 5.74) is 1.45. The second-order valence-corrected chi connectivity index (χ2v) is 4.51. The van der Waals surface area contributed by atoms with E-state index in [1.54, 1.807) is 18.3 Å². The van der Waals surface area contributed by atoms with Crippen molar-refractivity contribution < 1.29 is 23.1 Å². The highest BCUT2D eigenvalue weighted by atomic mass is 19.4. The van der Waals surface area contributed by atoms with E-state index >= 15 is 0 Å². The van der Waals surface area contributed by atoms with E-state index in [0.717, 1.165) is 15.8 Å². The van der Waals surface area contributed by atoms with E-state index in [-0.39, 0.29) is 6.54 Å². The molecule has 20 heavy (non-hydrogen) atoms. The Labute approximate surface area is 112 Å². The Kier molecular flexibility index (Phi) is 3.99. The molecule has 0 bridgehead atoms. The zero-order chi connectivity index (χ0) is 14.8. The number of aliphatic carboxylic acids is 1. The molecule has 0 saturated heterocycles. The first-order chi connectivity index (χ1) is 9.35. The largest absolute Gasteiger partial charge is 0.480 e. The molecule has 0 unspecified atom stereocenters. The van der Waals surface area contributed by atoms with Crippen molar-refractivity contribution in [2.45, 2.75) is 12.7 Å². The molecule has 2 aromatic rings. The monoisotopic (exact) mass is 286 g/mol. The predicted molar refractivity (Wildman–Crippen MR) is 67.3 cm³/mol. The SMILES string of the molecule is O=C(O)CN(Cc1c[nH]c2ccccc12)CC(F)(F)F. The number of halogens is 3. The van der Waals surface area contributed by atoms with Crippen LogP contribution in [0.15, 0.2) is 30.5 Å².